The van der Waals surface area contributed by atoms with E-state index in [4.69, 9.17) is 21.6 Å². The molecule has 0 aliphatic rings. The molecule has 0 spiro atoms. The summed E-state index contributed by atoms with van der Waals surface area (Å²) in [6.07, 6.45) is 2.20. The highest BCUT2D eigenvalue weighted by molar-refractivity contribution is 6.32. The van der Waals surface area contributed by atoms with Gasteiger partial charge in [0, 0.05) is 0 Å². The third kappa shape index (κ3) is 3.31. The number of nitriles is 1. The van der Waals surface area contributed by atoms with Gasteiger partial charge in [-0.2, -0.15) is 5.26 Å². The maximum absolute atomic E-state index is 8.81. The van der Waals surface area contributed by atoms with E-state index in [1.807, 2.05) is 18.2 Å². The molecule has 102 valence electrons. The van der Waals surface area contributed by atoms with Crippen LogP contribution in [0.25, 0.3) is 0 Å². The number of nitrogens with zero attached hydrogens (tertiary/aromatic N) is 1. The van der Waals surface area contributed by atoms with Crippen LogP contribution in [-0.2, 0) is 6.42 Å². The summed E-state index contributed by atoms with van der Waals surface area (Å²) in [6.45, 7) is 4.25. The van der Waals surface area contributed by atoms with Gasteiger partial charge in [-0.15, -0.1) is 0 Å². The number of rotatable bonds is 4. The molecule has 0 unspecified atom stereocenters. The molecule has 0 saturated heterocycles. The second kappa shape index (κ2) is 6.45. The van der Waals surface area contributed by atoms with Gasteiger partial charge in [0.05, 0.1) is 16.7 Å². The Hall–Kier alpha value is -1.98. The molecule has 2 rings (SSSR count). The first-order valence-electron chi connectivity index (χ1n) is 6.61. The molecule has 0 saturated carbocycles. The van der Waals surface area contributed by atoms with Gasteiger partial charge in [0.1, 0.15) is 11.5 Å². The van der Waals surface area contributed by atoms with Crippen molar-refractivity contribution in [2.75, 3.05) is 0 Å². The summed E-state index contributed by atoms with van der Waals surface area (Å²) in [5, 5.41) is 9.25. The second-order valence-electron chi connectivity index (χ2n) is 4.70. The molecule has 0 fully saturated rings. The molecule has 0 heterocycles. The predicted octanol–water partition coefficient (Wildman–Crippen LogP) is 5.26. The van der Waals surface area contributed by atoms with Crippen LogP contribution < -0.4 is 4.74 Å². The number of aryl methyl sites for hydroxylation is 2. The molecule has 20 heavy (non-hydrogen) atoms. The Morgan fingerprint density at radius 1 is 1.20 bits per heavy atom. The lowest BCUT2D eigenvalue weighted by Crippen LogP contribution is -1.91. The molecule has 0 aliphatic carbocycles. The smallest absolute Gasteiger partial charge is 0.146 e. The van der Waals surface area contributed by atoms with Crippen LogP contribution in [0.5, 0.6) is 11.5 Å². The van der Waals surface area contributed by atoms with Gasteiger partial charge >= 0.3 is 0 Å². The largest absolute Gasteiger partial charge is 0.456 e. The molecule has 0 amide bonds. The Balaban J connectivity index is 2.22. The zero-order valence-electron chi connectivity index (χ0n) is 11.6. The van der Waals surface area contributed by atoms with Gasteiger partial charge in [-0.1, -0.05) is 31.0 Å². The Bertz CT molecular complexity index is 659. The second-order valence-corrected chi connectivity index (χ2v) is 5.10. The molecule has 0 bridgehead atoms. The minimum absolute atomic E-state index is 0.444. The molecular formula is C17H16ClNO. The first kappa shape index (κ1) is 14.4. The highest BCUT2D eigenvalue weighted by Crippen LogP contribution is 2.31. The molecule has 2 aromatic carbocycles. The Labute approximate surface area is 124 Å². The minimum atomic E-state index is 0.444. The molecule has 0 aliphatic heterocycles. The lowest BCUT2D eigenvalue weighted by molar-refractivity contribution is 0.482. The van der Waals surface area contributed by atoms with E-state index in [-0.39, 0.29) is 0 Å². The van der Waals surface area contributed by atoms with Gasteiger partial charge < -0.3 is 4.74 Å². The SMILES string of the molecule is CCCc1ccc(Oc2ccc(C#N)cc2Cl)cc1C. The number of ether oxygens (including phenoxy) is 1. The fraction of sp³-hybridized carbons (Fsp3) is 0.235. The number of halogens is 1. The molecule has 2 nitrogen and oxygen atoms in total. The Morgan fingerprint density at radius 3 is 2.60 bits per heavy atom. The van der Waals surface area contributed by atoms with Crippen molar-refractivity contribution in [1.82, 2.24) is 0 Å². The lowest BCUT2D eigenvalue weighted by Gasteiger charge is -2.10. The van der Waals surface area contributed by atoms with Gasteiger partial charge in [0.25, 0.3) is 0 Å². The molecule has 2 aromatic rings. The van der Waals surface area contributed by atoms with Gasteiger partial charge in [-0.05, 0) is 54.8 Å². The van der Waals surface area contributed by atoms with Crippen molar-refractivity contribution >= 4 is 11.6 Å². The van der Waals surface area contributed by atoms with Crippen molar-refractivity contribution in [1.29, 1.82) is 5.26 Å². The zero-order valence-corrected chi connectivity index (χ0v) is 12.4. The van der Waals surface area contributed by atoms with E-state index in [0.717, 1.165) is 18.6 Å². The van der Waals surface area contributed by atoms with Gasteiger partial charge in [0.15, 0.2) is 0 Å². The lowest BCUT2D eigenvalue weighted by atomic mass is 10.0. The summed E-state index contributed by atoms with van der Waals surface area (Å²) in [5.74, 6) is 1.32. The van der Waals surface area contributed by atoms with Crippen LogP contribution in [0, 0.1) is 18.3 Å². The van der Waals surface area contributed by atoms with Crippen LogP contribution in [-0.4, -0.2) is 0 Å². The van der Waals surface area contributed by atoms with E-state index in [0.29, 0.717) is 16.3 Å². The Kier molecular flexibility index (Phi) is 4.65. The third-order valence-electron chi connectivity index (χ3n) is 3.12. The van der Waals surface area contributed by atoms with Crippen molar-refractivity contribution in [3.63, 3.8) is 0 Å². The van der Waals surface area contributed by atoms with E-state index in [1.54, 1.807) is 18.2 Å². The maximum Gasteiger partial charge on any atom is 0.146 e. The first-order valence-corrected chi connectivity index (χ1v) is 6.99. The standard InChI is InChI=1S/C17H16ClNO/c1-3-4-14-6-7-15(9-12(14)2)20-17-8-5-13(11-19)10-16(17)18/h5-10H,3-4H2,1-2H3. The van der Waals surface area contributed by atoms with Crippen molar-refractivity contribution < 1.29 is 4.74 Å². The molecule has 3 heteroatoms. The van der Waals surface area contributed by atoms with E-state index in [9.17, 15) is 0 Å². The van der Waals surface area contributed by atoms with E-state index >= 15 is 0 Å². The first-order chi connectivity index (χ1) is 9.63. The Morgan fingerprint density at radius 2 is 2.00 bits per heavy atom. The monoisotopic (exact) mass is 285 g/mol. The average molecular weight is 286 g/mol. The summed E-state index contributed by atoms with van der Waals surface area (Å²) in [7, 11) is 0. The fourth-order valence-corrected chi connectivity index (χ4v) is 2.28. The van der Waals surface area contributed by atoms with Crippen LogP contribution in [0.15, 0.2) is 36.4 Å². The van der Waals surface area contributed by atoms with Gasteiger partial charge in [-0.25, -0.2) is 0 Å². The van der Waals surface area contributed by atoms with Crippen molar-refractivity contribution in [2.45, 2.75) is 26.7 Å². The van der Waals surface area contributed by atoms with Crippen LogP contribution in [0.3, 0.4) is 0 Å². The van der Waals surface area contributed by atoms with Crippen LogP contribution in [0.4, 0.5) is 0 Å². The van der Waals surface area contributed by atoms with Crippen molar-refractivity contribution in [3.8, 4) is 17.6 Å². The van der Waals surface area contributed by atoms with Crippen molar-refractivity contribution in [3.05, 3.63) is 58.1 Å². The highest BCUT2D eigenvalue weighted by atomic mass is 35.5. The zero-order chi connectivity index (χ0) is 14.5. The van der Waals surface area contributed by atoms with Gasteiger partial charge in [-0.3, -0.25) is 0 Å². The van der Waals surface area contributed by atoms with Gasteiger partial charge in [0.2, 0.25) is 0 Å². The number of benzene rings is 2. The van der Waals surface area contributed by atoms with E-state index < -0.39 is 0 Å². The molecule has 0 N–H and O–H groups in total. The van der Waals surface area contributed by atoms with E-state index in [1.165, 1.54) is 11.1 Å². The molecule has 0 aromatic heterocycles. The molecule has 0 radical (unpaired) electrons. The summed E-state index contributed by atoms with van der Waals surface area (Å²) < 4.78 is 5.78. The van der Waals surface area contributed by atoms with Crippen molar-refractivity contribution in [2.24, 2.45) is 0 Å². The summed E-state index contributed by atoms with van der Waals surface area (Å²) in [6, 6.07) is 13.1. The minimum Gasteiger partial charge on any atom is -0.456 e. The summed E-state index contributed by atoms with van der Waals surface area (Å²) in [5.41, 5.74) is 3.08. The number of hydrogen-bond donors (Lipinski definition) is 0. The molecule has 0 atom stereocenters. The summed E-state index contributed by atoms with van der Waals surface area (Å²) >= 11 is 6.10. The molecular weight excluding hydrogens is 270 g/mol. The summed E-state index contributed by atoms with van der Waals surface area (Å²) in [4.78, 5) is 0. The predicted molar refractivity (Wildman–Crippen MR) is 81.4 cm³/mol. The third-order valence-corrected chi connectivity index (χ3v) is 3.42. The van der Waals surface area contributed by atoms with E-state index in [2.05, 4.69) is 19.9 Å². The average Bonchev–Trinajstić information content (AvgIpc) is 2.44. The topological polar surface area (TPSA) is 33.0 Å². The normalized spacial score (nSPS) is 10.1. The van der Waals surface area contributed by atoms with Crippen LogP contribution in [0.2, 0.25) is 5.02 Å². The number of hydrogen-bond acceptors (Lipinski definition) is 2. The van der Waals surface area contributed by atoms with Crippen LogP contribution in [0.1, 0.15) is 30.0 Å². The fourth-order valence-electron chi connectivity index (χ4n) is 2.06. The quantitative estimate of drug-likeness (QED) is 0.767. The maximum atomic E-state index is 8.81. The van der Waals surface area contributed by atoms with Crippen LogP contribution >= 0.6 is 11.6 Å². The highest BCUT2D eigenvalue weighted by Gasteiger charge is 2.06.